The Bertz CT molecular complexity index is 1150. The van der Waals surface area contributed by atoms with Crippen LogP contribution in [0.25, 0.3) is 11.3 Å². The summed E-state index contributed by atoms with van der Waals surface area (Å²) in [6, 6.07) is 15.4. The van der Waals surface area contributed by atoms with E-state index in [2.05, 4.69) is 37.6 Å². The number of ether oxygens (including phenoxy) is 1. The third kappa shape index (κ3) is 5.70. The minimum absolute atomic E-state index is 0.130. The molecule has 4 aromatic rings. The zero-order valence-corrected chi connectivity index (χ0v) is 18.4. The average molecular weight is 468 g/mol. The van der Waals surface area contributed by atoms with Gasteiger partial charge in [-0.05, 0) is 41.0 Å². The Morgan fingerprint density at radius 3 is 2.09 bits per heavy atom. The van der Waals surface area contributed by atoms with Gasteiger partial charge in [-0.15, -0.1) is 5.10 Å². The van der Waals surface area contributed by atoms with Crippen LogP contribution in [0.3, 0.4) is 0 Å². The van der Waals surface area contributed by atoms with Gasteiger partial charge < -0.3 is 15.2 Å². The maximum Gasteiger partial charge on any atom is 0.336 e. The van der Waals surface area contributed by atoms with Crippen molar-refractivity contribution in [1.82, 2.24) is 25.5 Å². The van der Waals surface area contributed by atoms with Crippen LogP contribution in [-0.4, -0.2) is 25.3 Å². The smallest absolute Gasteiger partial charge is 0.336 e. The number of hydrogen-bond acceptors (Lipinski definition) is 7. The molecule has 0 saturated carbocycles. The number of hydrogen-bond donors (Lipinski definition) is 2. The molecule has 162 valence electrons. The van der Waals surface area contributed by atoms with Crippen molar-refractivity contribution in [2.45, 2.75) is 19.7 Å². The van der Waals surface area contributed by atoms with Gasteiger partial charge in [-0.3, -0.25) is 4.98 Å². The first-order chi connectivity index (χ1) is 15.6. The van der Waals surface area contributed by atoms with E-state index in [-0.39, 0.29) is 21.8 Å². The average Bonchev–Trinajstić information content (AvgIpc) is 2.83. The third-order valence-electron chi connectivity index (χ3n) is 4.65. The normalized spacial score (nSPS) is 10.8. The zero-order chi connectivity index (χ0) is 22.3. The summed E-state index contributed by atoms with van der Waals surface area (Å²) in [5.74, 6) is -0.173. The van der Waals surface area contributed by atoms with Gasteiger partial charge in [0.25, 0.3) is 0 Å². The van der Waals surface area contributed by atoms with Gasteiger partial charge in [0.1, 0.15) is 12.3 Å². The maximum absolute atomic E-state index is 9.67. The second-order valence-corrected chi connectivity index (χ2v) is 7.79. The fourth-order valence-electron chi connectivity index (χ4n) is 2.93. The van der Waals surface area contributed by atoms with Crippen LogP contribution in [0.1, 0.15) is 16.7 Å². The molecular weight excluding hydrogens is 449 g/mol. The Balaban J connectivity index is 1.29. The first-order valence-corrected chi connectivity index (χ1v) is 10.5. The maximum atomic E-state index is 9.67. The summed E-state index contributed by atoms with van der Waals surface area (Å²) in [4.78, 5) is 8.20. The highest BCUT2D eigenvalue weighted by Crippen LogP contribution is 2.35. The van der Waals surface area contributed by atoms with Crippen LogP contribution in [0, 0.1) is 0 Å². The molecule has 0 spiro atoms. The van der Waals surface area contributed by atoms with E-state index in [0.717, 1.165) is 18.7 Å². The second-order valence-electron chi connectivity index (χ2n) is 6.98. The topological polar surface area (TPSA) is 93.1 Å². The molecule has 0 unspecified atom stereocenters. The van der Waals surface area contributed by atoms with Gasteiger partial charge in [-0.25, -0.2) is 4.98 Å². The van der Waals surface area contributed by atoms with E-state index in [4.69, 9.17) is 27.9 Å². The van der Waals surface area contributed by atoms with Crippen molar-refractivity contribution in [3.05, 3.63) is 93.9 Å². The molecule has 2 heterocycles. The van der Waals surface area contributed by atoms with E-state index in [0.29, 0.717) is 17.9 Å². The summed E-state index contributed by atoms with van der Waals surface area (Å²) in [6.45, 7) is 1.88. The summed E-state index contributed by atoms with van der Waals surface area (Å²) in [5, 5.41) is 21.4. The SMILES string of the molecule is Oc1c(Cl)cc(-c2cnc(OCc3ccc(CNCc4ccncc4)cc3)nn2)cc1Cl. The second kappa shape index (κ2) is 10.4. The molecule has 2 aromatic carbocycles. The quantitative estimate of drug-likeness (QED) is 0.383. The van der Waals surface area contributed by atoms with Crippen LogP contribution in [0.4, 0.5) is 0 Å². The highest BCUT2D eigenvalue weighted by molar-refractivity contribution is 6.37. The molecule has 7 nitrogen and oxygen atoms in total. The number of nitrogens with zero attached hydrogens (tertiary/aromatic N) is 4. The van der Waals surface area contributed by atoms with Gasteiger partial charge in [-0.1, -0.05) is 52.6 Å². The number of rotatable bonds is 8. The Labute approximate surface area is 195 Å². The Morgan fingerprint density at radius 2 is 1.47 bits per heavy atom. The Kier molecular flexibility index (Phi) is 7.11. The fraction of sp³-hybridized carbons (Fsp3) is 0.130. The standard InChI is InChI=1S/C23H19Cl2N5O2/c24-19-9-18(10-20(25)22(19)31)21-13-28-23(30-29-21)32-14-17-3-1-15(2-4-17)11-27-12-16-5-7-26-8-6-16/h1-10,13,27,31H,11-12,14H2. The summed E-state index contributed by atoms with van der Waals surface area (Å²) in [5.41, 5.74) is 4.42. The van der Waals surface area contributed by atoms with Crippen molar-refractivity contribution in [3.63, 3.8) is 0 Å². The van der Waals surface area contributed by atoms with Crippen molar-refractivity contribution < 1.29 is 9.84 Å². The van der Waals surface area contributed by atoms with Crippen molar-refractivity contribution >= 4 is 23.2 Å². The number of aromatic hydroxyl groups is 1. The summed E-state index contributed by atoms with van der Waals surface area (Å²) >= 11 is 11.9. The van der Waals surface area contributed by atoms with Crippen LogP contribution >= 0.6 is 23.2 Å². The lowest BCUT2D eigenvalue weighted by Crippen LogP contribution is -2.12. The molecule has 0 aliphatic heterocycles. The molecule has 0 atom stereocenters. The number of halogens is 2. The molecule has 0 saturated heterocycles. The monoisotopic (exact) mass is 467 g/mol. The van der Waals surface area contributed by atoms with Gasteiger partial charge in [0.05, 0.1) is 16.2 Å². The summed E-state index contributed by atoms with van der Waals surface area (Å²) in [7, 11) is 0. The first kappa shape index (κ1) is 22.0. The molecule has 2 aromatic heterocycles. The van der Waals surface area contributed by atoms with Gasteiger partial charge in [0.15, 0.2) is 5.75 Å². The number of aromatic nitrogens is 4. The van der Waals surface area contributed by atoms with Crippen LogP contribution in [0.2, 0.25) is 10.0 Å². The number of nitrogens with one attached hydrogen (secondary N) is 1. The van der Waals surface area contributed by atoms with E-state index in [9.17, 15) is 5.11 Å². The molecule has 0 amide bonds. The van der Waals surface area contributed by atoms with Gasteiger partial charge in [-0.2, -0.15) is 0 Å². The molecule has 0 fully saturated rings. The molecule has 4 rings (SSSR count). The minimum atomic E-state index is -0.173. The van der Waals surface area contributed by atoms with Gasteiger partial charge in [0, 0.05) is 31.0 Å². The Morgan fingerprint density at radius 1 is 0.844 bits per heavy atom. The van der Waals surface area contributed by atoms with Crippen LogP contribution in [-0.2, 0) is 19.7 Å². The zero-order valence-electron chi connectivity index (χ0n) is 16.9. The Hall–Kier alpha value is -3.26. The van der Waals surface area contributed by atoms with E-state index < -0.39 is 0 Å². The lowest BCUT2D eigenvalue weighted by molar-refractivity contribution is 0.276. The van der Waals surface area contributed by atoms with Crippen molar-refractivity contribution in [2.24, 2.45) is 0 Å². The van der Waals surface area contributed by atoms with E-state index >= 15 is 0 Å². The first-order valence-electron chi connectivity index (χ1n) is 9.77. The fourth-order valence-corrected chi connectivity index (χ4v) is 3.42. The van der Waals surface area contributed by atoms with Crippen LogP contribution < -0.4 is 10.1 Å². The predicted octanol–water partition coefficient (Wildman–Crippen LogP) is 4.81. The minimum Gasteiger partial charge on any atom is -0.505 e. The number of phenols is 1. The van der Waals surface area contributed by atoms with Crippen molar-refractivity contribution in [3.8, 4) is 23.0 Å². The largest absolute Gasteiger partial charge is 0.505 e. The third-order valence-corrected chi connectivity index (χ3v) is 5.23. The van der Waals surface area contributed by atoms with Crippen molar-refractivity contribution in [2.75, 3.05) is 0 Å². The van der Waals surface area contributed by atoms with Crippen LogP contribution in [0.15, 0.2) is 67.1 Å². The van der Waals surface area contributed by atoms with Crippen LogP contribution in [0.5, 0.6) is 11.8 Å². The van der Waals surface area contributed by atoms with E-state index in [1.807, 2.05) is 24.3 Å². The molecule has 0 aliphatic carbocycles. The molecule has 32 heavy (non-hydrogen) atoms. The van der Waals surface area contributed by atoms with Crippen molar-refractivity contribution in [1.29, 1.82) is 0 Å². The summed E-state index contributed by atoms with van der Waals surface area (Å²) in [6.07, 6.45) is 5.09. The molecular formula is C23H19Cl2N5O2. The lowest BCUT2D eigenvalue weighted by Gasteiger charge is -2.08. The number of phenolic OH excluding ortho intramolecular Hbond substituents is 1. The number of pyridine rings is 1. The highest BCUT2D eigenvalue weighted by Gasteiger charge is 2.10. The van der Waals surface area contributed by atoms with Gasteiger partial charge in [0.2, 0.25) is 0 Å². The molecule has 0 radical (unpaired) electrons. The molecule has 9 heteroatoms. The predicted molar refractivity (Wildman–Crippen MR) is 123 cm³/mol. The van der Waals surface area contributed by atoms with E-state index in [1.165, 1.54) is 17.3 Å². The van der Waals surface area contributed by atoms with Gasteiger partial charge >= 0.3 is 6.01 Å². The molecule has 2 N–H and O–H groups in total. The molecule has 0 bridgehead atoms. The lowest BCUT2D eigenvalue weighted by atomic mass is 10.1. The van der Waals surface area contributed by atoms with E-state index in [1.54, 1.807) is 24.5 Å². The molecule has 0 aliphatic rings. The summed E-state index contributed by atoms with van der Waals surface area (Å²) < 4.78 is 5.63. The highest BCUT2D eigenvalue weighted by atomic mass is 35.5. The number of benzene rings is 2.